The zero-order valence-electron chi connectivity index (χ0n) is 11.6. The predicted molar refractivity (Wildman–Crippen MR) is 76.0 cm³/mol. The fourth-order valence-electron chi connectivity index (χ4n) is 2.38. The van der Waals surface area contributed by atoms with Crippen molar-refractivity contribution in [3.05, 3.63) is 48.6 Å². The van der Waals surface area contributed by atoms with Gasteiger partial charge in [0.1, 0.15) is 12.6 Å². The fraction of sp³-hybridized carbons (Fsp3) is 0.375. The molecule has 4 nitrogen and oxygen atoms in total. The number of allylic oxidation sites excluding steroid dienone is 1. The van der Waals surface area contributed by atoms with E-state index < -0.39 is 6.09 Å². The Morgan fingerprint density at radius 1 is 1.50 bits per heavy atom. The predicted octanol–water partition coefficient (Wildman–Crippen LogP) is 3.31. The molecule has 0 aliphatic carbocycles. The maximum Gasteiger partial charge on any atom is 0.417 e. The van der Waals surface area contributed by atoms with Crippen molar-refractivity contribution in [1.82, 2.24) is 4.90 Å². The minimum atomic E-state index is -0.547. The second-order valence-corrected chi connectivity index (χ2v) is 5.10. The van der Waals surface area contributed by atoms with Crippen molar-refractivity contribution >= 4 is 12.0 Å². The van der Waals surface area contributed by atoms with Crippen LogP contribution in [-0.4, -0.2) is 23.5 Å². The van der Waals surface area contributed by atoms with E-state index in [4.69, 9.17) is 4.74 Å². The second kappa shape index (κ2) is 6.37. The van der Waals surface area contributed by atoms with Crippen molar-refractivity contribution in [3.8, 4) is 0 Å². The number of carbonyl (C=O) groups excluding carboxylic acids is 2. The first-order valence-electron chi connectivity index (χ1n) is 6.78. The Morgan fingerprint density at radius 3 is 2.85 bits per heavy atom. The number of rotatable bonds is 5. The summed E-state index contributed by atoms with van der Waals surface area (Å²) < 4.78 is 5.04. The Labute approximate surface area is 119 Å². The highest BCUT2D eigenvalue weighted by molar-refractivity contribution is 5.93. The monoisotopic (exact) mass is 273 g/mol. The maximum absolute atomic E-state index is 12.3. The summed E-state index contributed by atoms with van der Waals surface area (Å²) in [5.74, 6) is -0.0134. The first-order valence-corrected chi connectivity index (χ1v) is 6.78. The van der Waals surface area contributed by atoms with Gasteiger partial charge in [0.15, 0.2) is 0 Å². The Balaban J connectivity index is 2.13. The molecule has 1 heterocycles. The molecule has 0 bridgehead atoms. The number of amides is 2. The number of ether oxygens (including phenoxy) is 1. The summed E-state index contributed by atoms with van der Waals surface area (Å²) in [6, 6.07) is 9.18. The number of benzene rings is 1. The van der Waals surface area contributed by atoms with Crippen molar-refractivity contribution < 1.29 is 14.3 Å². The maximum atomic E-state index is 12.3. The molecule has 0 unspecified atom stereocenters. The number of cyclic esters (lactones) is 1. The van der Waals surface area contributed by atoms with Gasteiger partial charge in [0, 0.05) is 6.42 Å². The summed E-state index contributed by atoms with van der Waals surface area (Å²) in [5, 5.41) is 0. The van der Waals surface area contributed by atoms with Gasteiger partial charge in [-0.3, -0.25) is 4.79 Å². The standard InChI is InChI=1S/C16H19NO3/c1-3-7-12(2)10-15(18)17-14(11-20-16(17)19)13-8-5-4-6-9-13/h3-6,8-9,12,14H,1,7,10-11H2,2H3/t12-,14-/m0/s1. The molecule has 2 rings (SSSR count). The van der Waals surface area contributed by atoms with Crippen LogP contribution in [0.2, 0.25) is 0 Å². The summed E-state index contributed by atoms with van der Waals surface area (Å²) in [7, 11) is 0. The molecular formula is C16H19NO3. The van der Waals surface area contributed by atoms with Crippen LogP contribution >= 0.6 is 0 Å². The molecule has 1 aromatic rings. The lowest BCUT2D eigenvalue weighted by Gasteiger charge is -2.21. The third kappa shape index (κ3) is 3.07. The van der Waals surface area contributed by atoms with E-state index in [1.807, 2.05) is 37.3 Å². The molecule has 0 aromatic heterocycles. The normalized spacial score (nSPS) is 19.6. The van der Waals surface area contributed by atoms with Gasteiger partial charge in [-0.1, -0.05) is 43.3 Å². The first-order chi connectivity index (χ1) is 9.63. The molecule has 2 atom stereocenters. The Kier molecular flexibility index (Phi) is 4.56. The van der Waals surface area contributed by atoms with E-state index in [1.54, 1.807) is 6.08 Å². The van der Waals surface area contributed by atoms with E-state index in [2.05, 4.69) is 6.58 Å². The quantitative estimate of drug-likeness (QED) is 0.773. The van der Waals surface area contributed by atoms with Gasteiger partial charge >= 0.3 is 6.09 Å². The molecule has 1 saturated heterocycles. The number of imide groups is 1. The van der Waals surface area contributed by atoms with Crippen LogP contribution in [0.3, 0.4) is 0 Å². The van der Waals surface area contributed by atoms with Crippen LogP contribution in [0.15, 0.2) is 43.0 Å². The van der Waals surface area contributed by atoms with Crippen molar-refractivity contribution in [2.45, 2.75) is 25.8 Å². The largest absolute Gasteiger partial charge is 0.446 e. The second-order valence-electron chi connectivity index (χ2n) is 5.10. The summed E-state index contributed by atoms with van der Waals surface area (Å²) in [6.45, 7) is 5.86. The molecule has 2 amide bonds. The van der Waals surface area contributed by atoms with Gasteiger partial charge in [0.25, 0.3) is 0 Å². The number of carbonyl (C=O) groups is 2. The SMILES string of the molecule is C=CC[C@H](C)CC(=O)N1C(=O)OC[C@H]1c1ccccc1. The van der Waals surface area contributed by atoms with Crippen molar-refractivity contribution in [3.63, 3.8) is 0 Å². The molecule has 1 aliphatic rings. The molecule has 1 aromatic carbocycles. The topological polar surface area (TPSA) is 46.6 Å². The fourth-order valence-corrected chi connectivity index (χ4v) is 2.38. The highest BCUT2D eigenvalue weighted by Gasteiger charge is 2.38. The summed E-state index contributed by atoms with van der Waals surface area (Å²) in [6.07, 6.45) is 2.32. The molecular weight excluding hydrogens is 254 g/mol. The van der Waals surface area contributed by atoms with Crippen LogP contribution < -0.4 is 0 Å². The van der Waals surface area contributed by atoms with Crippen LogP contribution in [0.1, 0.15) is 31.4 Å². The van der Waals surface area contributed by atoms with Crippen LogP contribution in [0.25, 0.3) is 0 Å². The molecule has 1 aliphatic heterocycles. The Bertz CT molecular complexity index is 498. The zero-order valence-corrected chi connectivity index (χ0v) is 11.6. The van der Waals surface area contributed by atoms with E-state index in [0.717, 1.165) is 12.0 Å². The van der Waals surface area contributed by atoms with Crippen LogP contribution in [0, 0.1) is 5.92 Å². The average Bonchev–Trinajstić information content (AvgIpc) is 2.82. The van der Waals surface area contributed by atoms with Gasteiger partial charge < -0.3 is 4.74 Å². The molecule has 0 saturated carbocycles. The van der Waals surface area contributed by atoms with Crippen LogP contribution in [0.5, 0.6) is 0 Å². The van der Waals surface area contributed by atoms with Crippen molar-refractivity contribution in [2.75, 3.05) is 6.61 Å². The summed E-state index contributed by atoms with van der Waals surface area (Å²) in [4.78, 5) is 25.4. The number of hydrogen-bond donors (Lipinski definition) is 0. The summed E-state index contributed by atoms with van der Waals surface area (Å²) >= 11 is 0. The summed E-state index contributed by atoms with van der Waals surface area (Å²) in [5.41, 5.74) is 0.920. The van der Waals surface area contributed by atoms with Gasteiger partial charge in [-0.2, -0.15) is 0 Å². The van der Waals surface area contributed by atoms with E-state index >= 15 is 0 Å². The molecule has 1 fully saturated rings. The van der Waals surface area contributed by atoms with E-state index in [9.17, 15) is 9.59 Å². The van der Waals surface area contributed by atoms with E-state index in [-0.39, 0.29) is 24.5 Å². The van der Waals surface area contributed by atoms with Crippen molar-refractivity contribution in [2.24, 2.45) is 5.92 Å². The lowest BCUT2D eigenvalue weighted by Crippen LogP contribution is -2.35. The molecule has 4 heteroatoms. The Morgan fingerprint density at radius 2 is 2.20 bits per heavy atom. The lowest BCUT2D eigenvalue weighted by atomic mass is 10.0. The molecule has 0 N–H and O–H groups in total. The molecule has 20 heavy (non-hydrogen) atoms. The van der Waals surface area contributed by atoms with Crippen molar-refractivity contribution in [1.29, 1.82) is 0 Å². The van der Waals surface area contributed by atoms with Gasteiger partial charge in [0.2, 0.25) is 5.91 Å². The third-order valence-corrected chi connectivity index (χ3v) is 3.42. The highest BCUT2D eigenvalue weighted by atomic mass is 16.6. The van der Waals surface area contributed by atoms with Crippen LogP contribution in [-0.2, 0) is 9.53 Å². The molecule has 0 radical (unpaired) electrons. The highest BCUT2D eigenvalue weighted by Crippen LogP contribution is 2.29. The third-order valence-electron chi connectivity index (χ3n) is 3.42. The minimum Gasteiger partial charge on any atom is -0.446 e. The van der Waals surface area contributed by atoms with Gasteiger partial charge in [-0.15, -0.1) is 6.58 Å². The zero-order chi connectivity index (χ0) is 14.5. The lowest BCUT2D eigenvalue weighted by molar-refractivity contribution is -0.130. The van der Waals surface area contributed by atoms with E-state index in [1.165, 1.54) is 4.90 Å². The first kappa shape index (κ1) is 14.3. The Hall–Kier alpha value is -2.10. The minimum absolute atomic E-state index is 0.171. The van der Waals surface area contributed by atoms with Gasteiger partial charge in [-0.05, 0) is 17.9 Å². The number of hydrogen-bond acceptors (Lipinski definition) is 3. The van der Waals surface area contributed by atoms with E-state index in [0.29, 0.717) is 6.42 Å². The molecule has 106 valence electrons. The van der Waals surface area contributed by atoms with Crippen LogP contribution in [0.4, 0.5) is 4.79 Å². The smallest absolute Gasteiger partial charge is 0.417 e. The average molecular weight is 273 g/mol. The van der Waals surface area contributed by atoms with Gasteiger partial charge in [-0.25, -0.2) is 9.69 Å². The number of nitrogens with zero attached hydrogens (tertiary/aromatic N) is 1. The van der Waals surface area contributed by atoms with Gasteiger partial charge in [0.05, 0.1) is 0 Å². The molecule has 0 spiro atoms.